The Morgan fingerprint density at radius 1 is 0.889 bits per heavy atom. The summed E-state index contributed by atoms with van der Waals surface area (Å²) in [7, 11) is 3.14. The molecule has 0 unspecified atom stereocenters. The maximum atomic E-state index is 12.5. The van der Waals surface area contributed by atoms with Crippen molar-refractivity contribution in [2.24, 2.45) is 0 Å². The average Bonchev–Trinajstić information content (AvgIpc) is 2.73. The molecule has 1 amide bonds. The fourth-order valence-electron chi connectivity index (χ4n) is 2.55. The summed E-state index contributed by atoms with van der Waals surface area (Å²) in [5.41, 5.74) is 2.44. The van der Waals surface area contributed by atoms with Crippen LogP contribution in [0, 0.1) is 0 Å². The molecule has 0 fully saturated rings. The molecule has 0 saturated carbocycles. The zero-order chi connectivity index (χ0) is 19.1. The summed E-state index contributed by atoms with van der Waals surface area (Å²) in [6.45, 7) is 0. The highest BCUT2D eigenvalue weighted by molar-refractivity contribution is 7.98. The second-order valence-corrected chi connectivity index (χ2v) is 6.87. The van der Waals surface area contributed by atoms with Crippen LogP contribution in [-0.4, -0.2) is 20.1 Å². The molecule has 0 aliphatic carbocycles. The first-order chi connectivity index (χ1) is 13.2. The van der Waals surface area contributed by atoms with Gasteiger partial charge in [0.2, 0.25) is 0 Å². The van der Waals surface area contributed by atoms with Gasteiger partial charge in [-0.1, -0.05) is 30.3 Å². The molecule has 5 heteroatoms. The van der Waals surface area contributed by atoms with E-state index in [1.807, 2.05) is 42.5 Å². The second kappa shape index (κ2) is 9.14. The lowest BCUT2D eigenvalue weighted by Gasteiger charge is -2.11. The molecule has 0 aliphatic rings. The minimum absolute atomic E-state index is 0.163. The number of anilines is 1. The van der Waals surface area contributed by atoms with E-state index < -0.39 is 0 Å². The molecule has 0 aliphatic heterocycles. The largest absolute Gasteiger partial charge is 0.493 e. The number of carbonyl (C=O) groups is 1. The number of ether oxygens (including phenoxy) is 2. The van der Waals surface area contributed by atoms with Crippen LogP contribution >= 0.6 is 11.8 Å². The van der Waals surface area contributed by atoms with Gasteiger partial charge in [-0.25, -0.2) is 0 Å². The molecule has 3 rings (SSSR count). The quantitative estimate of drug-likeness (QED) is 0.570. The predicted molar refractivity (Wildman–Crippen MR) is 110 cm³/mol. The van der Waals surface area contributed by atoms with Gasteiger partial charge in [0.25, 0.3) is 5.91 Å². The van der Waals surface area contributed by atoms with E-state index in [9.17, 15) is 4.79 Å². The lowest BCUT2D eigenvalue weighted by molar-refractivity contribution is 0.102. The van der Waals surface area contributed by atoms with Crippen molar-refractivity contribution in [3.05, 3.63) is 83.9 Å². The number of carbonyl (C=O) groups excluding carboxylic acids is 1. The number of benzene rings is 3. The SMILES string of the molecule is COc1ccc(NC(=O)c2ccc(CSc3ccccc3)cc2)cc1OC. The fourth-order valence-corrected chi connectivity index (χ4v) is 3.43. The van der Waals surface area contributed by atoms with Gasteiger partial charge in [-0.05, 0) is 42.0 Å². The summed E-state index contributed by atoms with van der Waals surface area (Å²) in [4.78, 5) is 13.7. The van der Waals surface area contributed by atoms with Gasteiger partial charge in [0.05, 0.1) is 14.2 Å². The van der Waals surface area contributed by atoms with Crippen LogP contribution in [0.4, 0.5) is 5.69 Å². The lowest BCUT2D eigenvalue weighted by Crippen LogP contribution is -2.12. The van der Waals surface area contributed by atoms with Crippen LogP contribution in [0.3, 0.4) is 0 Å². The van der Waals surface area contributed by atoms with Gasteiger partial charge in [-0.15, -0.1) is 11.8 Å². The van der Waals surface area contributed by atoms with Crippen molar-refractivity contribution in [1.29, 1.82) is 0 Å². The summed E-state index contributed by atoms with van der Waals surface area (Å²) in [5.74, 6) is 1.89. The number of hydrogen-bond donors (Lipinski definition) is 1. The van der Waals surface area contributed by atoms with E-state index in [1.54, 1.807) is 44.2 Å². The Labute approximate surface area is 163 Å². The normalized spacial score (nSPS) is 10.3. The van der Waals surface area contributed by atoms with Crippen LogP contribution < -0.4 is 14.8 Å². The average molecular weight is 379 g/mol. The van der Waals surface area contributed by atoms with Crippen LogP contribution in [-0.2, 0) is 5.75 Å². The Hall–Kier alpha value is -2.92. The van der Waals surface area contributed by atoms with Gasteiger partial charge in [-0.2, -0.15) is 0 Å². The van der Waals surface area contributed by atoms with Crippen molar-refractivity contribution in [3.8, 4) is 11.5 Å². The van der Waals surface area contributed by atoms with Crippen molar-refractivity contribution in [2.75, 3.05) is 19.5 Å². The molecule has 0 bridgehead atoms. The van der Waals surface area contributed by atoms with Crippen LogP contribution in [0.2, 0.25) is 0 Å². The monoisotopic (exact) mass is 379 g/mol. The van der Waals surface area contributed by atoms with Crippen molar-refractivity contribution in [1.82, 2.24) is 0 Å². The van der Waals surface area contributed by atoms with Crippen LogP contribution in [0.15, 0.2) is 77.7 Å². The maximum absolute atomic E-state index is 12.5. The van der Waals surface area contributed by atoms with Crippen molar-refractivity contribution in [2.45, 2.75) is 10.6 Å². The molecule has 0 heterocycles. The van der Waals surface area contributed by atoms with Crippen molar-refractivity contribution in [3.63, 3.8) is 0 Å². The topological polar surface area (TPSA) is 47.6 Å². The Balaban J connectivity index is 1.62. The van der Waals surface area contributed by atoms with Gasteiger partial charge >= 0.3 is 0 Å². The molecule has 27 heavy (non-hydrogen) atoms. The Bertz CT molecular complexity index is 895. The third kappa shape index (κ3) is 5.05. The molecule has 4 nitrogen and oxygen atoms in total. The number of thioether (sulfide) groups is 1. The van der Waals surface area contributed by atoms with Gasteiger partial charge in [0.1, 0.15) is 0 Å². The summed E-state index contributed by atoms with van der Waals surface area (Å²) < 4.78 is 10.5. The molecule has 0 radical (unpaired) electrons. The minimum atomic E-state index is -0.163. The fraction of sp³-hybridized carbons (Fsp3) is 0.136. The predicted octanol–water partition coefficient (Wildman–Crippen LogP) is 5.25. The Morgan fingerprint density at radius 3 is 2.26 bits per heavy atom. The highest BCUT2D eigenvalue weighted by Gasteiger charge is 2.09. The third-order valence-corrected chi connectivity index (χ3v) is 5.09. The van der Waals surface area contributed by atoms with Gasteiger partial charge < -0.3 is 14.8 Å². The zero-order valence-electron chi connectivity index (χ0n) is 15.3. The van der Waals surface area contributed by atoms with E-state index in [0.29, 0.717) is 22.7 Å². The smallest absolute Gasteiger partial charge is 0.255 e. The van der Waals surface area contributed by atoms with Crippen LogP contribution in [0.25, 0.3) is 0 Å². The second-order valence-electron chi connectivity index (χ2n) is 5.82. The molecule has 3 aromatic carbocycles. The summed E-state index contributed by atoms with van der Waals surface area (Å²) in [5, 5.41) is 2.88. The molecular weight excluding hydrogens is 358 g/mol. The van der Waals surface area contributed by atoms with E-state index in [1.165, 1.54) is 10.5 Å². The summed E-state index contributed by atoms with van der Waals surface area (Å²) in [6, 6.07) is 23.2. The Morgan fingerprint density at radius 2 is 1.59 bits per heavy atom. The standard InChI is InChI=1S/C22H21NO3S/c1-25-20-13-12-18(14-21(20)26-2)23-22(24)17-10-8-16(9-11-17)15-27-19-6-4-3-5-7-19/h3-14H,15H2,1-2H3,(H,23,24). The lowest BCUT2D eigenvalue weighted by atomic mass is 10.1. The van der Waals surface area contributed by atoms with E-state index in [-0.39, 0.29) is 5.91 Å². The molecular formula is C22H21NO3S. The van der Waals surface area contributed by atoms with Gasteiger partial charge in [-0.3, -0.25) is 4.79 Å². The number of amides is 1. The highest BCUT2D eigenvalue weighted by Crippen LogP contribution is 2.30. The number of methoxy groups -OCH3 is 2. The number of rotatable bonds is 7. The number of hydrogen-bond acceptors (Lipinski definition) is 4. The third-order valence-electron chi connectivity index (χ3n) is 4.01. The highest BCUT2D eigenvalue weighted by atomic mass is 32.2. The van der Waals surface area contributed by atoms with Crippen molar-refractivity contribution >= 4 is 23.4 Å². The first-order valence-electron chi connectivity index (χ1n) is 8.50. The first kappa shape index (κ1) is 18.9. The zero-order valence-corrected chi connectivity index (χ0v) is 16.1. The number of nitrogens with one attached hydrogen (secondary N) is 1. The molecule has 0 aromatic heterocycles. The van der Waals surface area contributed by atoms with Gasteiger partial charge in [0.15, 0.2) is 11.5 Å². The van der Waals surface area contributed by atoms with E-state index in [0.717, 1.165) is 5.75 Å². The minimum Gasteiger partial charge on any atom is -0.493 e. The maximum Gasteiger partial charge on any atom is 0.255 e. The van der Waals surface area contributed by atoms with E-state index in [4.69, 9.17) is 9.47 Å². The van der Waals surface area contributed by atoms with Gasteiger partial charge in [0, 0.05) is 28.0 Å². The Kier molecular flexibility index (Phi) is 6.39. The van der Waals surface area contributed by atoms with Crippen LogP contribution in [0.5, 0.6) is 11.5 Å². The summed E-state index contributed by atoms with van der Waals surface area (Å²) in [6.07, 6.45) is 0. The molecule has 0 atom stereocenters. The van der Waals surface area contributed by atoms with Crippen LogP contribution in [0.1, 0.15) is 15.9 Å². The molecule has 3 aromatic rings. The molecule has 1 N–H and O–H groups in total. The van der Waals surface area contributed by atoms with E-state index >= 15 is 0 Å². The molecule has 138 valence electrons. The van der Waals surface area contributed by atoms with Crippen molar-refractivity contribution < 1.29 is 14.3 Å². The van der Waals surface area contributed by atoms with E-state index in [2.05, 4.69) is 17.4 Å². The summed E-state index contributed by atoms with van der Waals surface area (Å²) >= 11 is 1.77. The molecule has 0 spiro atoms. The molecule has 0 saturated heterocycles. The first-order valence-corrected chi connectivity index (χ1v) is 9.48.